The number of rotatable bonds is 4. The number of amides is 1. The van der Waals surface area contributed by atoms with Crippen molar-refractivity contribution in [3.05, 3.63) is 22.0 Å². The molecule has 19 heavy (non-hydrogen) atoms. The highest BCUT2D eigenvalue weighted by molar-refractivity contribution is 5.76. The van der Waals surface area contributed by atoms with Gasteiger partial charge in [-0.2, -0.15) is 5.10 Å². The molecule has 0 aliphatic heterocycles. The van der Waals surface area contributed by atoms with Crippen LogP contribution in [0, 0.1) is 17.0 Å². The van der Waals surface area contributed by atoms with Gasteiger partial charge in [0, 0.05) is 6.04 Å². The Balaban J connectivity index is 1.91. The number of carbonyl (C=O) groups excluding carboxylic acids is 1. The summed E-state index contributed by atoms with van der Waals surface area (Å²) in [5.41, 5.74) is 0.279. The summed E-state index contributed by atoms with van der Waals surface area (Å²) in [4.78, 5) is 22.0. The maximum Gasteiger partial charge on any atom is 0.309 e. The molecule has 2 rings (SSSR count). The summed E-state index contributed by atoms with van der Waals surface area (Å²) in [5.74, 6) is -0.135. The summed E-state index contributed by atoms with van der Waals surface area (Å²) in [7, 11) is 0. The van der Waals surface area contributed by atoms with Gasteiger partial charge in [-0.1, -0.05) is 19.3 Å². The Morgan fingerprint density at radius 1 is 1.53 bits per heavy atom. The SMILES string of the molecule is Cc1nn(CC(=O)NC2CCCCC2)cc1[N+](=O)[O-]. The first-order valence-corrected chi connectivity index (χ1v) is 6.54. The van der Waals surface area contributed by atoms with Gasteiger partial charge in [-0.25, -0.2) is 0 Å². The number of nitrogens with one attached hydrogen (secondary N) is 1. The van der Waals surface area contributed by atoms with E-state index in [0.29, 0.717) is 5.69 Å². The fourth-order valence-corrected chi connectivity index (χ4v) is 2.43. The van der Waals surface area contributed by atoms with Crippen molar-refractivity contribution in [2.75, 3.05) is 0 Å². The molecule has 1 heterocycles. The number of nitrogens with zero attached hydrogens (tertiary/aromatic N) is 3. The van der Waals surface area contributed by atoms with Gasteiger partial charge in [-0.3, -0.25) is 19.6 Å². The maximum atomic E-state index is 11.8. The molecule has 1 aromatic heterocycles. The van der Waals surface area contributed by atoms with Crippen LogP contribution in [0.3, 0.4) is 0 Å². The average molecular weight is 266 g/mol. The molecule has 0 radical (unpaired) electrons. The molecular formula is C12H18N4O3. The second-order valence-corrected chi connectivity index (χ2v) is 4.96. The third-order valence-electron chi connectivity index (χ3n) is 3.39. The monoisotopic (exact) mass is 266 g/mol. The normalized spacial score (nSPS) is 16.3. The molecule has 1 amide bonds. The number of hydrogen-bond acceptors (Lipinski definition) is 4. The van der Waals surface area contributed by atoms with Crippen molar-refractivity contribution in [3.63, 3.8) is 0 Å². The topological polar surface area (TPSA) is 90.1 Å². The molecule has 0 aromatic carbocycles. The highest BCUT2D eigenvalue weighted by atomic mass is 16.6. The van der Waals surface area contributed by atoms with Crippen molar-refractivity contribution in [2.24, 2.45) is 0 Å². The molecule has 0 bridgehead atoms. The van der Waals surface area contributed by atoms with E-state index in [4.69, 9.17) is 0 Å². The minimum atomic E-state index is -0.488. The molecule has 1 saturated carbocycles. The van der Waals surface area contributed by atoms with Crippen molar-refractivity contribution >= 4 is 11.6 Å². The fourth-order valence-electron chi connectivity index (χ4n) is 2.43. The highest BCUT2D eigenvalue weighted by Gasteiger charge is 2.19. The van der Waals surface area contributed by atoms with E-state index in [-0.39, 0.29) is 24.2 Å². The maximum absolute atomic E-state index is 11.8. The van der Waals surface area contributed by atoms with Gasteiger partial charge in [0.25, 0.3) is 0 Å². The van der Waals surface area contributed by atoms with Gasteiger partial charge >= 0.3 is 5.69 Å². The second-order valence-electron chi connectivity index (χ2n) is 4.96. The lowest BCUT2D eigenvalue weighted by Crippen LogP contribution is -2.38. The van der Waals surface area contributed by atoms with Crippen molar-refractivity contribution in [3.8, 4) is 0 Å². The minimum absolute atomic E-state index is 0.0329. The van der Waals surface area contributed by atoms with Gasteiger partial charge in [0.1, 0.15) is 18.4 Å². The first kappa shape index (κ1) is 13.5. The average Bonchev–Trinajstić information content (AvgIpc) is 2.71. The Kier molecular flexibility index (Phi) is 4.13. The van der Waals surface area contributed by atoms with Gasteiger partial charge in [0.15, 0.2) is 0 Å². The summed E-state index contributed by atoms with van der Waals surface area (Å²) < 4.78 is 1.33. The Hall–Kier alpha value is -1.92. The van der Waals surface area contributed by atoms with Crippen LogP contribution in [0.25, 0.3) is 0 Å². The summed E-state index contributed by atoms with van der Waals surface area (Å²) in [6, 6.07) is 0.243. The van der Waals surface area contributed by atoms with Crippen LogP contribution in [0.4, 0.5) is 5.69 Å². The van der Waals surface area contributed by atoms with Crippen LogP contribution in [0.2, 0.25) is 0 Å². The van der Waals surface area contributed by atoms with Crippen molar-refractivity contribution in [1.29, 1.82) is 0 Å². The zero-order chi connectivity index (χ0) is 13.8. The van der Waals surface area contributed by atoms with E-state index in [2.05, 4.69) is 10.4 Å². The predicted octanol–water partition coefficient (Wildman–Crippen LogP) is 1.55. The third kappa shape index (κ3) is 3.52. The van der Waals surface area contributed by atoms with Crippen molar-refractivity contribution in [1.82, 2.24) is 15.1 Å². The zero-order valence-corrected chi connectivity index (χ0v) is 11.0. The number of hydrogen-bond donors (Lipinski definition) is 1. The third-order valence-corrected chi connectivity index (χ3v) is 3.39. The van der Waals surface area contributed by atoms with Gasteiger partial charge in [-0.15, -0.1) is 0 Å². The second kappa shape index (κ2) is 5.81. The van der Waals surface area contributed by atoms with Crippen LogP contribution in [-0.4, -0.2) is 26.7 Å². The first-order chi connectivity index (χ1) is 9.06. The van der Waals surface area contributed by atoms with Crippen LogP contribution in [0.15, 0.2) is 6.20 Å². The lowest BCUT2D eigenvalue weighted by Gasteiger charge is -2.22. The van der Waals surface area contributed by atoms with E-state index in [1.165, 1.54) is 17.3 Å². The lowest BCUT2D eigenvalue weighted by atomic mass is 9.95. The van der Waals surface area contributed by atoms with Gasteiger partial charge in [0.2, 0.25) is 5.91 Å². The van der Waals surface area contributed by atoms with Crippen LogP contribution >= 0.6 is 0 Å². The van der Waals surface area contributed by atoms with Gasteiger partial charge in [-0.05, 0) is 19.8 Å². The fraction of sp³-hybridized carbons (Fsp3) is 0.667. The number of carbonyl (C=O) groups is 1. The number of aromatic nitrogens is 2. The molecule has 1 aliphatic carbocycles. The zero-order valence-electron chi connectivity index (χ0n) is 11.0. The standard InChI is InChI=1S/C12H18N4O3/c1-9-11(16(18)19)7-15(14-9)8-12(17)13-10-5-3-2-4-6-10/h7,10H,2-6,8H2,1H3,(H,13,17). The molecule has 7 heteroatoms. The van der Waals surface area contributed by atoms with E-state index in [0.717, 1.165) is 25.7 Å². The Morgan fingerprint density at radius 2 is 2.21 bits per heavy atom. The largest absolute Gasteiger partial charge is 0.352 e. The van der Waals surface area contributed by atoms with Crippen LogP contribution in [0.1, 0.15) is 37.8 Å². The molecule has 0 unspecified atom stereocenters. The highest BCUT2D eigenvalue weighted by Crippen LogP contribution is 2.18. The van der Waals surface area contributed by atoms with E-state index >= 15 is 0 Å². The summed E-state index contributed by atoms with van der Waals surface area (Å²) >= 11 is 0. The molecule has 1 aromatic rings. The summed E-state index contributed by atoms with van der Waals surface area (Å²) in [5, 5.41) is 17.6. The van der Waals surface area contributed by atoms with Crippen LogP contribution < -0.4 is 5.32 Å². The Labute approximate surface area is 111 Å². The molecule has 0 atom stereocenters. The van der Waals surface area contributed by atoms with Crippen LogP contribution in [0.5, 0.6) is 0 Å². The van der Waals surface area contributed by atoms with E-state index < -0.39 is 4.92 Å². The Morgan fingerprint density at radius 3 is 2.79 bits per heavy atom. The molecular weight excluding hydrogens is 248 g/mol. The van der Waals surface area contributed by atoms with E-state index in [1.54, 1.807) is 6.92 Å². The molecule has 0 spiro atoms. The van der Waals surface area contributed by atoms with E-state index in [9.17, 15) is 14.9 Å². The molecule has 104 valence electrons. The number of aryl methyl sites for hydroxylation is 1. The summed E-state index contributed by atoms with van der Waals surface area (Å²) in [6.07, 6.45) is 6.87. The van der Waals surface area contributed by atoms with Gasteiger partial charge in [0.05, 0.1) is 4.92 Å². The smallest absolute Gasteiger partial charge is 0.309 e. The van der Waals surface area contributed by atoms with Crippen LogP contribution in [-0.2, 0) is 11.3 Å². The number of nitro groups is 1. The molecule has 7 nitrogen and oxygen atoms in total. The molecule has 1 fully saturated rings. The van der Waals surface area contributed by atoms with Gasteiger partial charge < -0.3 is 5.32 Å². The molecule has 0 saturated heterocycles. The minimum Gasteiger partial charge on any atom is -0.352 e. The first-order valence-electron chi connectivity index (χ1n) is 6.54. The van der Waals surface area contributed by atoms with E-state index in [1.807, 2.05) is 0 Å². The molecule has 1 aliphatic rings. The quantitative estimate of drug-likeness (QED) is 0.661. The predicted molar refractivity (Wildman–Crippen MR) is 68.6 cm³/mol. The summed E-state index contributed by atoms with van der Waals surface area (Å²) in [6.45, 7) is 1.60. The van der Waals surface area contributed by atoms with Crippen molar-refractivity contribution < 1.29 is 9.72 Å². The molecule has 1 N–H and O–H groups in total. The lowest BCUT2D eigenvalue weighted by molar-refractivity contribution is -0.385. The Bertz CT molecular complexity index is 477. The van der Waals surface area contributed by atoms with Crippen molar-refractivity contribution in [2.45, 2.75) is 51.6 Å².